The molecule has 98 valence electrons. The summed E-state index contributed by atoms with van der Waals surface area (Å²) in [7, 11) is 0. The molecular formula is C16H17NOS. The lowest BCUT2D eigenvalue weighted by Gasteiger charge is -2.24. The molecule has 1 aliphatic rings. The largest absolute Gasteiger partial charge is 0.331 e. The van der Waals surface area contributed by atoms with Crippen molar-refractivity contribution in [2.45, 2.75) is 25.8 Å². The Morgan fingerprint density at radius 1 is 1.26 bits per heavy atom. The highest BCUT2D eigenvalue weighted by Gasteiger charge is 2.30. The summed E-state index contributed by atoms with van der Waals surface area (Å²) in [5.41, 5.74) is 1.99. The van der Waals surface area contributed by atoms with E-state index in [0.717, 1.165) is 24.9 Å². The van der Waals surface area contributed by atoms with Crippen LogP contribution in [0.25, 0.3) is 0 Å². The number of nitrogens with zero attached hydrogens (tertiary/aromatic N) is 1. The summed E-state index contributed by atoms with van der Waals surface area (Å²) in [5, 5.41) is 2.09. The number of aryl methyl sites for hydroxylation is 1. The molecule has 1 aromatic carbocycles. The molecule has 1 aromatic heterocycles. The van der Waals surface area contributed by atoms with E-state index >= 15 is 0 Å². The lowest BCUT2D eigenvalue weighted by atomic mass is 10.1. The fourth-order valence-corrected chi connectivity index (χ4v) is 3.52. The van der Waals surface area contributed by atoms with Crippen LogP contribution in [0.4, 0.5) is 0 Å². The van der Waals surface area contributed by atoms with Crippen LogP contribution in [0.1, 0.15) is 39.7 Å². The van der Waals surface area contributed by atoms with Crippen LogP contribution < -0.4 is 0 Å². The molecule has 1 amide bonds. The first-order chi connectivity index (χ1) is 9.25. The van der Waals surface area contributed by atoms with E-state index in [4.69, 9.17) is 0 Å². The molecule has 0 aliphatic carbocycles. The van der Waals surface area contributed by atoms with Crippen molar-refractivity contribution in [3.63, 3.8) is 0 Å². The van der Waals surface area contributed by atoms with Crippen molar-refractivity contribution < 1.29 is 4.79 Å². The van der Waals surface area contributed by atoms with E-state index in [1.807, 2.05) is 36.1 Å². The number of carbonyl (C=O) groups is 1. The molecule has 2 heterocycles. The molecular weight excluding hydrogens is 254 g/mol. The SMILES string of the molecule is Cc1ccc(C(=O)N2CCC[C@@H]2c2cccs2)cc1. The van der Waals surface area contributed by atoms with E-state index in [9.17, 15) is 4.79 Å². The lowest BCUT2D eigenvalue weighted by molar-refractivity contribution is 0.0738. The van der Waals surface area contributed by atoms with Crippen LogP contribution in [0, 0.1) is 6.92 Å². The molecule has 0 spiro atoms. The Labute approximate surface area is 117 Å². The van der Waals surface area contributed by atoms with Crippen molar-refractivity contribution in [2.24, 2.45) is 0 Å². The van der Waals surface area contributed by atoms with Crippen molar-refractivity contribution in [1.29, 1.82) is 0 Å². The van der Waals surface area contributed by atoms with Crippen LogP contribution in [0.15, 0.2) is 41.8 Å². The topological polar surface area (TPSA) is 20.3 Å². The molecule has 2 aromatic rings. The third-order valence-electron chi connectivity index (χ3n) is 3.68. The third-order valence-corrected chi connectivity index (χ3v) is 4.66. The van der Waals surface area contributed by atoms with E-state index in [1.165, 1.54) is 10.4 Å². The molecule has 1 aliphatic heterocycles. The van der Waals surface area contributed by atoms with Gasteiger partial charge in [-0.3, -0.25) is 4.79 Å². The molecule has 0 bridgehead atoms. The van der Waals surface area contributed by atoms with Gasteiger partial charge in [0.05, 0.1) is 6.04 Å². The Morgan fingerprint density at radius 3 is 2.74 bits per heavy atom. The van der Waals surface area contributed by atoms with Crippen molar-refractivity contribution >= 4 is 17.2 Å². The molecule has 0 unspecified atom stereocenters. The maximum atomic E-state index is 12.6. The van der Waals surface area contributed by atoms with Gasteiger partial charge < -0.3 is 4.90 Å². The molecule has 3 rings (SSSR count). The highest BCUT2D eigenvalue weighted by Crippen LogP contribution is 2.35. The highest BCUT2D eigenvalue weighted by molar-refractivity contribution is 7.10. The Hall–Kier alpha value is -1.61. The average Bonchev–Trinajstić information content (AvgIpc) is 3.09. The second-order valence-corrected chi connectivity index (χ2v) is 6.02. The number of benzene rings is 1. The van der Waals surface area contributed by atoms with E-state index in [0.29, 0.717) is 0 Å². The summed E-state index contributed by atoms with van der Waals surface area (Å²) in [6.45, 7) is 2.91. The first-order valence-electron chi connectivity index (χ1n) is 6.67. The van der Waals surface area contributed by atoms with Crippen molar-refractivity contribution in [3.8, 4) is 0 Å². The Balaban J connectivity index is 1.84. The van der Waals surface area contributed by atoms with E-state index < -0.39 is 0 Å². The highest BCUT2D eigenvalue weighted by atomic mass is 32.1. The fourth-order valence-electron chi connectivity index (χ4n) is 2.65. The lowest BCUT2D eigenvalue weighted by Crippen LogP contribution is -2.30. The minimum atomic E-state index is 0.163. The minimum absolute atomic E-state index is 0.163. The molecule has 0 N–H and O–H groups in total. The number of carbonyl (C=O) groups excluding carboxylic acids is 1. The number of hydrogen-bond acceptors (Lipinski definition) is 2. The molecule has 0 saturated carbocycles. The van der Waals surface area contributed by atoms with Gasteiger partial charge >= 0.3 is 0 Å². The van der Waals surface area contributed by atoms with Crippen LogP contribution in [0.2, 0.25) is 0 Å². The Morgan fingerprint density at radius 2 is 2.05 bits per heavy atom. The molecule has 19 heavy (non-hydrogen) atoms. The first kappa shape index (κ1) is 12.4. The predicted octanol–water partition coefficient (Wildman–Crippen LogP) is 4.03. The second kappa shape index (κ2) is 5.17. The average molecular weight is 271 g/mol. The zero-order valence-electron chi connectivity index (χ0n) is 11.0. The molecule has 1 fully saturated rings. The maximum Gasteiger partial charge on any atom is 0.254 e. The smallest absolute Gasteiger partial charge is 0.254 e. The monoisotopic (exact) mass is 271 g/mol. The van der Waals surface area contributed by atoms with Gasteiger partial charge in [-0.25, -0.2) is 0 Å². The number of amides is 1. The molecule has 1 atom stereocenters. The summed E-state index contributed by atoms with van der Waals surface area (Å²) in [5.74, 6) is 0.163. The van der Waals surface area contributed by atoms with Gasteiger partial charge in [0.25, 0.3) is 5.91 Å². The van der Waals surface area contributed by atoms with Gasteiger partial charge in [-0.1, -0.05) is 23.8 Å². The molecule has 3 heteroatoms. The van der Waals surface area contributed by atoms with Gasteiger partial charge in [0.1, 0.15) is 0 Å². The summed E-state index contributed by atoms with van der Waals surface area (Å²) >= 11 is 1.75. The summed E-state index contributed by atoms with van der Waals surface area (Å²) < 4.78 is 0. The normalized spacial score (nSPS) is 18.8. The Kier molecular flexibility index (Phi) is 3.38. The first-order valence-corrected chi connectivity index (χ1v) is 7.55. The number of rotatable bonds is 2. The molecule has 0 radical (unpaired) electrons. The summed E-state index contributed by atoms with van der Waals surface area (Å²) in [6.07, 6.45) is 2.18. The quantitative estimate of drug-likeness (QED) is 0.807. The van der Waals surface area contributed by atoms with Gasteiger partial charge in [0.2, 0.25) is 0 Å². The van der Waals surface area contributed by atoms with E-state index in [2.05, 4.69) is 17.5 Å². The number of hydrogen-bond donors (Lipinski definition) is 0. The standard InChI is InChI=1S/C16H17NOS/c1-12-6-8-13(9-7-12)16(18)17-10-2-4-14(17)15-5-3-11-19-15/h3,5-9,11,14H,2,4,10H2,1H3/t14-/m1/s1. The van der Waals surface area contributed by atoms with E-state index in [-0.39, 0.29) is 11.9 Å². The summed E-state index contributed by atoms with van der Waals surface area (Å²) in [6, 6.07) is 12.3. The van der Waals surface area contributed by atoms with Crippen molar-refractivity contribution in [1.82, 2.24) is 4.90 Å². The van der Waals surface area contributed by atoms with Crippen molar-refractivity contribution in [2.75, 3.05) is 6.54 Å². The van der Waals surface area contributed by atoms with Crippen LogP contribution in [-0.2, 0) is 0 Å². The minimum Gasteiger partial charge on any atom is -0.331 e. The fraction of sp³-hybridized carbons (Fsp3) is 0.312. The second-order valence-electron chi connectivity index (χ2n) is 5.04. The molecule has 1 saturated heterocycles. The van der Waals surface area contributed by atoms with Crippen LogP contribution in [0.3, 0.4) is 0 Å². The zero-order chi connectivity index (χ0) is 13.2. The van der Waals surface area contributed by atoms with Gasteiger partial charge in [-0.05, 0) is 43.3 Å². The van der Waals surface area contributed by atoms with Gasteiger partial charge in [0, 0.05) is 17.0 Å². The van der Waals surface area contributed by atoms with Crippen LogP contribution in [0.5, 0.6) is 0 Å². The van der Waals surface area contributed by atoms with Gasteiger partial charge in [-0.2, -0.15) is 0 Å². The zero-order valence-corrected chi connectivity index (χ0v) is 11.8. The third kappa shape index (κ3) is 2.43. The number of thiophene rings is 1. The maximum absolute atomic E-state index is 12.6. The van der Waals surface area contributed by atoms with E-state index in [1.54, 1.807) is 11.3 Å². The van der Waals surface area contributed by atoms with Crippen molar-refractivity contribution in [3.05, 3.63) is 57.8 Å². The molecule has 2 nitrogen and oxygen atoms in total. The van der Waals surface area contributed by atoms with Gasteiger partial charge in [-0.15, -0.1) is 11.3 Å². The Bertz CT molecular complexity index is 559. The predicted molar refractivity (Wildman–Crippen MR) is 78.5 cm³/mol. The van der Waals surface area contributed by atoms with Crippen LogP contribution >= 0.6 is 11.3 Å². The van der Waals surface area contributed by atoms with Crippen LogP contribution in [-0.4, -0.2) is 17.4 Å². The summed E-state index contributed by atoms with van der Waals surface area (Å²) in [4.78, 5) is 15.9. The van der Waals surface area contributed by atoms with Gasteiger partial charge in [0.15, 0.2) is 0 Å². The number of likely N-dealkylation sites (tertiary alicyclic amines) is 1.